The van der Waals surface area contributed by atoms with Crippen LogP contribution in [-0.2, 0) is 6.54 Å². The van der Waals surface area contributed by atoms with Crippen molar-refractivity contribution in [3.63, 3.8) is 0 Å². The zero-order valence-electron chi connectivity index (χ0n) is 12.7. The summed E-state index contributed by atoms with van der Waals surface area (Å²) in [6.07, 6.45) is 5.98. The fraction of sp³-hybridized carbons (Fsp3) is 0.353. The van der Waals surface area contributed by atoms with Crippen LogP contribution in [0.15, 0.2) is 47.6 Å². The van der Waals surface area contributed by atoms with Crippen molar-refractivity contribution in [3.8, 4) is 0 Å². The molecule has 0 bridgehead atoms. The monoisotopic (exact) mass is 295 g/mol. The Hall–Kier alpha value is -2.11. The number of hydrogen-bond donors (Lipinski definition) is 1. The topological polar surface area (TPSA) is 37.9 Å². The van der Waals surface area contributed by atoms with E-state index >= 15 is 0 Å². The molecular weight excluding hydrogens is 274 g/mol. The summed E-state index contributed by atoms with van der Waals surface area (Å²) in [4.78, 5) is 10.3. The Morgan fingerprint density at radius 3 is 2.73 bits per heavy atom. The Labute approximate surface area is 130 Å². The number of fused-ring (bicyclic) bond motifs is 1. The Kier molecular flexibility index (Phi) is 3.66. The highest BCUT2D eigenvalue weighted by Gasteiger charge is 2.21. The number of aromatic nitrogens is 1. The highest BCUT2D eigenvalue weighted by molar-refractivity contribution is 5.80. The van der Waals surface area contributed by atoms with E-state index in [4.69, 9.17) is 0 Å². The predicted molar refractivity (Wildman–Crippen MR) is 89.5 cm³/mol. The molecule has 22 heavy (non-hydrogen) atoms. The van der Waals surface area contributed by atoms with Gasteiger partial charge in [-0.2, -0.15) is 0 Å². The van der Waals surface area contributed by atoms with Gasteiger partial charge in [0.05, 0.1) is 0 Å². The molecule has 1 aromatic carbocycles. The third-order valence-corrected chi connectivity index (χ3v) is 4.37. The number of piperazine rings is 1. The minimum Gasteiger partial charge on any atom is -0.357 e. The lowest BCUT2D eigenvalue weighted by molar-refractivity contribution is -0.0216. The second-order valence-corrected chi connectivity index (χ2v) is 5.87. The first-order valence-corrected chi connectivity index (χ1v) is 7.85. The first kappa shape index (κ1) is 13.5. The lowest BCUT2D eigenvalue weighted by Crippen LogP contribution is -2.52. The molecule has 2 aliphatic rings. The number of nitrogens with one attached hydrogen (secondary N) is 1. The SMILES string of the molecule is C1=CN(N2CCN(Cc3cc4ccccc4[nH]3)CC2)CN=C1. The number of H-pyrrole nitrogens is 1. The van der Waals surface area contributed by atoms with E-state index in [0.717, 1.165) is 39.4 Å². The van der Waals surface area contributed by atoms with Gasteiger partial charge in [0.25, 0.3) is 0 Å². The number of nitrogens with zero attached hydrogens (tertiary/aromatic N) is 4. The van der Waals surface area contributed by atoms with Crippen molar-refractivity contribution in [2.45, 2.75) is 6.54 Å². The van der Waals surface area contributed by atoms with Crippen LogP contribution in [0.2, 0.25) is 0 Å². The highest BCUT2D eigenvalue weighted by atomic mass is 15.6. The van der Waals surface area contributed by atoms with Gasteiger partial charge in [0.2, 0.25) is 0 Å². The van der Waals surface area contributed by atoms with Crippen molar-refractivity contribution in [2.24, 2.45) is 4.99 Å². The number of aliphatic imine (C=N–C) groups is 1. The molecule has 1 fully saturated rings. The third kappa shape index (κ3) is 2.77. The van der Waals surface area contributed by atoms with E-state index < -0.39 is 0 Å². The maximum atomic E-state index is 4.30. The molecular formula is C17H21N5. The minimum absolute atomic E-state index is 0.749. The van der Waals surface area contributed by atoms with Crippen LogP contribution in [0.3, 0.4) is 0 Å². The summed E-state index contributed by atoms with van der Waals surface area (Å²) in [5.41, 5.74) is 2.53. The Bertz CT molecular complexity index is 661. The fourth-order valence-corrected chi connectivity index (χ4v) is 3.17. The van der Waals surface area contributed by atoms with E-state index in [-0.39, 0.29) is 0 Å². The molecule has 0 atom stereocenters. The highest BCUT2D eigenvalue weighted by Crippen LogP contribution is 2.17. The number of hydrogen-bond acceptors (Lipinski definition) is 4. The smallest absolute Gasteiger partial charge is 0.124 e. The molecule has 3 heterocycles. The van der Waals surface area contributed by atoms with E-state index in [2.05, 4.69) is 61.4 Å². The first-order valence-electron chi connectivity index (χ1n) is 7.85. The van der Waals surface area contributed by atoms with Gasteiger partial charge in [-0.05, 0) is 23.6 Å². The zero-order chi connectivity index (χ0) is 14.8. The molecule has 5 nitrogen and oxygen atoms in total. The second-order valence-electron chi connectivity index (χ2n) is 5.87. The molecule has 2 aliphatic heterocycles. The van der Waals surface area contributed by atoms with Crippen LogP contribution in [0.25, 0.3) is 10.9 Å². The van der Waals surface area contributed by atoms with Crippen molar-refractivity contribution >= 4 is 17.1 Å². The van der Waals surface area contributed by atoms with E-state index in [9.17, 15) is 0 Å². The van der Waals surface area contributed by atoms with Gasteiger partial charge in [-0.15, -0.1) is 0 Å². The summed E-state index contributed by atoms with van der Waals surface area (Å²) in [7, 11) is 0. The van der Waals surface area contributed by atoms with Gasteiger partial charge < -0.3 is 4.98 Å². The van der Waals surface area contributed by atoms with E-state index in [1.807, 2.05) is 12.3 Å². The molecule has 1 saturated heterocycles. The second kappa shape index (κ2) is 5.94. The molecule has 0 amide bonds. The largest absolute Gasteiger partial charge is 0.357 e. The van der Waals surface area contributed by atoms with E-state index in [0.29, 0.717) is 0 Å². The summed E-state index contributed by atoms with van der Waals surface area (Å²) >= 11 is 0. The van der Waals surface area contributed by atoms with Crippen molar-refractivity contribution in [1.82, 2.24) is 19.9 Å². The van der Waals surface area contributed by atoms with Crippen LogP contribution < -0.4 is 0 Å². The van der Waals surface area contributed by atoms with Crippen LogP contribution in [0.5, 0.6) is 0 Å². The van der Waals surface area contributed by atoms with E-state index in [1.165, 1.54) is 16.6 Å². The number of aromatic amines is 1. The molecule has 0 radical (unpaired) electrons. The summed E-state index contributed by atoms with van der Waals surface area (Å²) < 4.78 is 0. The lowest BCUT2D eigenvalue weighted by atomic mass is 10.2. The zero-order valence-corrected chi connectivity index (χ0v) is 12.7. The molecule has 1 aromatic heterocycles. The van der Waals surface area contributed by atoms with Crippen LogP contribution in [0.4, 0.5) is 0 Å². The summed E-state index contributed by atoms with van der Waals surface area (Å²) in [5, 5.41) is 5.89. The van der Waals surface area contributed by atoms with Crippen LogP contribution >= 0.6 is 0 Å². The molecule has 0 spiro atoms. The van der Waals surface area contributed by atoms with Gasteiger partial charge in [-0.3, -0.25) is 14.9 Å². The predicted octanol–water partition coefficient (Wildman–Crippen LogP) is 2.06. The van der Waals surface area contributed by atoms with Gasteiger partial charge in [0.15, 0.2) is 0 Å². The maximum absolute atomic E-state index is 4.30. The summed E-state index contributed by atoms with van der Waals surface area (Å²) in [6, 6.07) is 10.7. The Morgan fingerprint density at radius 1 is 1.09 bits per heavy atom. The van der Waals surface area contributed by atoms with Crippen LogP contribution in [0.1, 0.15) is 5.69 Å². The molecule has 114 valence electrons. The number of allylic oxidation sites excluding steroid dienone is 1. The number of benzene rings is 1. The maximum Gasteiger partial charge on any atom is 0.124 e. The lowest BCUT2D eigenvalue weighted by Gasteiger charge is -2.40. The fourth-order valence-electron chi connectivity index (χ4n) is 3.17. The summed E-state index contributed by atoms with van der Waals surface area (Å²) in [5.74, 6) is 0. The van der Waals surface area contributed by atoms with Gasteiger partial charge in [-0.1, -0.05) is 18.2 Å². The van der Waals surface area contributed by atoms with Gasteiger partial charge in [0, 0.05) is 56.3 Å². The quantitative estimate of drug-likeness (QED) is 0.942. The average molecular weight is 295 g/mol. The van der Waals surface area contributed by atoms with Crippen molar-refractivity contribution in [1.29, 1.82) is 0 Å². The van der Waals surface area contributed by atoms with Gasteiger partial charge in [0.1, 0.15) is 6.67 Å². The van der Waals surface area contributed by atoms with Crippen molar-refractivity contribution in [2.75, 3.05) is 32.8 Å². The minimum atomic E-state index is 0.749. The summed E-state index contributed by atoms with van der Waals surface area (Å²) in [6.45, 7) is 6.03. The first-order chi connectivity index (χ1) is 10.9. The molecule has 1 N–H and O–H groups in total. The molecule has 0 aliphatic carbocycles. The molecule has 0 saturated carbocycles. The number of para-hydroxylation sites is 1. The standard InChI is InChI=1S/C17H21N5/c1-2-5-17-15(4-1)12-16(19-17)13-20-8-10-21(11-9-20)22-7-3-6-18-14-22/h1-7,12,19H,8-11,13-14H2. The molecule has 4 rings (SSSR count). The molecule has 2 aromatic rings. The van der Waals surface area contributed by atoms with Gasteiger partial charge in [-0.25, -0.2) is 5.01 Å². The Balaban J connectivity index is 1.35. The van der Waals surface area contributed by atoms with Crippen molar-refractivity contribution < 1.29 is 0 Å². The van der Waals surface area contributed by atoms with Crippen LogP contribution in [0, 0.1) is 0 Å². The average Bonchev–Trinajstić information content (AvgIpc) is 2.98. The van der Waals surface area contributed by atoms with Crippen molar-refractivity contribution in [3.05, 3.63) is 48.3 Å². The molecule has 0 unspecified atom stereocenters. The third-order valence-electron chi connectivity index (χ3n) is 4.37. The Morgan fingerprint density at radius 2 is 1.95 bits per heavy atom. The number of hydrazine groups is 1. The number of rotatable bonds is 3. The van der Waals surface area contributed by atoms with E-state index in [1.54, 1.807) is 0 Å². The van der Waals surface area contributed by atoms with Crippen LogP contribution in [-0.4, -0.2) is 59.0 Å². The molecule has 5 heteroatoms. The van der Waals surface area contributed by atoms with Gasteiger partial charge >= 0.3 is 0 Å². The normalized spacial score (nSPS) is 20.1.